The van der Waals surface area contributed by atoms with Gasteiger partial charge in [-0.2, -0.15) is 0 Å². The summed E-state index contributed by atoms with van der Waals surface area (Å²) in [5.41, 5.74) is 2.85. The quantitative estimate of drug-likeness (QED) is 0.428. The average Bonchev–Trinajstić information content (AvgIpc) is 2.14. The Bertz CT molecular complexity index is 452. The van der Waals surface area contributed by atoms with E-state index in [1.54, 1.807) is 0 Å². The van der Waals surface area contributed by atoms with Gasteiger partial charge in [0.05, 0.1) is 0 Å². The van der Waals surface area contributed by atoms with Crippen LogP contribution in [0, 0.1) is 3.57 Å². The predicted molar refractivity (Wildman–Crippen MR) is 101 cm³/mol. The summed E-state index contributed by atoms with van der Waals surface area (Å²) in [6.07, 6.45) is 0. The lowest BCUT2D eigenvalue weighted by atomic mass is 9.79. The Morgan fingerprint density at radius 2 is 1.20 bits per heavy atom. The second kappa shape index (κ2) is 5.63. The number of hydrogen-bond acceptors (Lipinski definition) is 1. The summed E-state index contributed by atoms with van der Waals surface area (Å²) in [6, 6.07) is 4.57. The first kappa shape index (κ1) is 18.0. The fourth-order valence-electron chi connectivity index (χ4n) is 2.12. The second-order valence-corrected chi connectivity index (χ2v) is 14.2. The van der Waals surface area contributed by atoms with Crippen molar-refractivity contribution in [1.29, 1.82) is 0 Å². The molecule has 0 spiro atoms. The van der Waals surface area contributed by atoms with Crippen LogP contribution in [0.15, 0.2) is 12.1 Å². The van der Waals surface area contributed by atoms with Gasteiger partial charge in [-0.25, -0.2) is 0 Å². The molecule has 0 heterocycles. The molecule has 0 radical (unpaired) electrons. The van der Waals surface area contributed by atoms with Crippen molar-refractivity contribution < 1.29 is 4.43 Å². The topological polar surface area (TPSA) is 9.23 Å². The summed E-state index contributed by atoms with van der Waals surface area (Å²) in [5, 5.41) is 0. The minimum absolute atomic E-state index is 0.0934. The third-order valence-electron chi connectivity index (χ3n) is 3.08. The molecule has 0 aliphatic rings. The fourth-order valence-corrected chi connectivity index (χ4v) is 3.58. The Hall–Kier alpha value is -0.0331. The van der Waals surface area contributed by atoms with Gasteiger partial charge in [0.15, 0.2) is 0 Å². The molecule has 1 nitrogen and oxygen atoms in total. The molecule has 20 heavy (non-hydrogen) atoms. The van der Waals surface area contributed by atoms with Crippen LogP contribution in [0.1, 0.15) is 52.7 Å². The lowest BCUT2D eigenvalue weighted by Crippen LogP contribution is -2.32. The highest BCUT2D eigenvalue weighted by molar-refractivity contribution is 14.1. The molecule has 1 rings (SSSR count). The lowest BCUT2D eigenvalue weighted by molar-refractivity contribution is 0.477. The highest BCUT2D eigenvalue weighted by Gasteiger charge is 2.30. The first-order chi connectivity index (χ1) is 8.72. The van der Waals surface area contributed by atoms with Crippen molar-refractivity contribution in [3.8, 4) is 5.75 Å². The zero-order chi connectivity index (χ0) is 15.9. The van der Waals surface area contributed by atoms with Crippen molar-refractivity contribution >= 4 is 30.9 Å². The van der Waals surface area contributed by atoms with Crippen molar-refractivity contribution in [3.05, 3.63) is 26.8 Å². The fraction of sp³-hybridized carbons (Fsp3) is 0.647. The van der Waals surface area contributed by atoms with Gasteiger partial charge in [-0.15, -0.1) is 0 Å². The SMILES string of the molecule is CC(C)(C)c1cc(I)cc(C(C)(C)C)c1O[Si](C)(C)C. The molecular weight excluding hydrogens is 375 g/mol. The van der Waals surface area contributed by atoms with Gasteiger partial charge >= 0.3 is 0 Å². The van der Waals surface area contributed by atoms with Crippen LogP contribution in [-0.4, -0.2) is 8.32 Å². The van der Waals surface area contributed by atoms with Crippen LogP contribution in [0.25, 0.3) is 0 Å². The second-order valence-electron chi connectivity index (χ2n) is 8.54. The van der Waals surface area contributed by atoms with E-state index in [-0.39, 0.29) is 10.8 Å². The molecule has 1 aromatic rings. The van der Waals surface area contributed by atoms with Gasteiger partial charge in [0.1, 0.15) is 5.75 Å². The summed E-state index contributed by atoms with van der Waals surface area (Å²) in [5.74, 6) is 1.13. The summed E-state index contributed by atoms with van der Waals surface area (Å²) >= 11 is 2.42. The number of benzene rings is 1. The van der Waals surface area contributed by atoms with E-state index < -0.39 is 8.32 Å². The number of hydrogen-bond donors (Lipinski definition) is 0. The van der Waals surface area contributed by atoms with E-state index in [0.29, 0.717) is 0 Å². The van der Waals surface area contributed by atoms with E-state index in [1.165, 1.54) is 14.7 Å². The third-order valence-corrected chi connectivity index (χ3v) is 4.52. The summed E-state index contributed by atoms with van der Waals surface area (Å²) < 4.78 is 7.80. The standard InChI is InChI=1S/C17H29IOSi/c1-16(2,3)13-10-12(18)11-14(17(4,5)6)15(13)19-20(7,8)9/h10-11H,1-9H3. The molecule has 3 heteroatoms. The predicted octanol–water partition coefficient (Wildman–Crippen LogP) is 6.10. The van der Waals surface area contributed by atoms with Crippen molar-refractivity contribution in [2.45, 2.75) is 72.0 Å². The molecule has 114 valence electrons. The highest BCUT2D eigenvalue weighted by Crippen LogP contribution is 2.41. The minimum atomic E-state index is -1.64. The summed E-state index contributed by atoms with van der Waals surface area (Å²) in [6.45, 7) is 20.4. The third kappa shape index (κ3) is 4.76. The van der Waals surface area contributed by atoms with Crippen LogP contribution in [0.4, 0.5) is 0 Å². The van der Waals surface area contributed by atoms with Crippen molar-refractivity contribution in [1.82, 2.24) is 0 Å². The molecule has 0 saturated carbocycles. The van der Waals surface area contributed by atoms with Crippen molar-refractivity contribution in [2.24, 2.45) is 0 Å². The van der Waals surface area contributed by atoms with E-state index in [0.717, 1.165) is 5.75 Å². The largest absolute Gasteiger partial charge is 0.544 e. The number of rotatable bonds is 2. The molecule has 0 unspecified atom stereocenters. The summed E-state index contributed by atoms with van der Waals surface area (Å²) in [7, 11) is -1.64. The molecule has 0 fully saturated rings. The molecule has 0 aliphatic carbocycles. The van der Waals surface area contributed by atoms with E-state index >= 15 is 0 Å². The van der Waals surface area contributed by atoms with Crippen molar-refractivity contribution in [2.75, 3.05) is 0 Å². The van der Waals surface area contributed by atoms with Gasteiger partial charge in [0.2, 0.25) is 8.32 Å². The van der Waals surface area contributed by atoms with Gasteiger partial charge in [-0.3, -0.25) is 0 Å². The smallest absolute Gasteiger partial charge is 0.242 e. The molecule has 0 saturated heterocycles. The zero-order valence-electron chi connectivity index (χ0n) is 14.4. The average molecular weight is 404 g/mol. The molecule has 1 aromatic carbocycles. The molecule has 0 bridgehead atoms. The molecule has 0 amide bonds. The zero-order valence-corrected chi connectivity index (χ0v) is 17.6. The lowest BCUT2D eigenvalue weighted by Gasteiger charge is -2.33. The Morgan fingerprint density at radius 1 is 0.850 bits per heavy atom. The maximum Gasteiger partial charge on any atom is 0.242 e. The summed E-state index contributed by atoms with van der Waals surface area (Å²) in [4.78, 5) is 0. The van der Waals surface area contributed by atoms with E-state index in [2.05, 4.69) is 95.9 Å². The van der Waals surface area contributed by atoms with Crippen LogP contribution in [0.5, 0.6) is 5.75 Å². The van der Waals surface area contributed by atoms with E-state index in [1.807, 2.05) is 0 Å². The molecule has 0 aromatic heterocycles. The van der Waals surface area contributed by atoms with Gasteiger partial charge in [0, 0.05) is 3.57 Å². The molecule has 0 aliphatic heterocycles. The van der Waals surface area contributed by atoms with E-state index in [9.17, 15) is 0 Å². The first-order valence-corrected chi connectivity index (χ1v) is 11.7. The monoisotopic (exact) mass is 404 g/mol. The van der Waals surface area contributed by atoms with Crippen LogP contribution in [-0.2, 0) is 10.8 Å². The molecule has 0 N–H and O–H groups in total. The highest BCUT2D eigenvalue weighted by atomic mass is 127. The van der Waals surface area contributed by atoms with Crippen LogP contribution in [0.2, 0.25) is 19.6 Å². The Morgan fingerprint density at radius 3 is 1.45 bits per heavy atom. The van der Waals surface area contributed by atoms with Gasteiger partial charge in [-0.1, -0.05) is 41.5 Å². The normalized spacial score (nSPS) is 13.5. The maximum atomic E-state index is 6.51. The van der Waals surface area contributed by atoms with E-state index in [4.69, 9.17) is 4.43 Å². The molecular formula is C17H29IOSi. The first-order valence-electron chi connectivity index (χ1n) is 7.25. The van der Waals surface area contributed by atoms with Gasteiger partial charge < -0.3 is 4.43 Å². The van der Waals surface area contributed by atoms with Crippen LogP contribution >= 0.6 is 22.6 Å². The Balaban J connectivity index is 3.63. The van der Waals surface area contributed by atoms with Crippen LogP contribution < -0.4 is 4.43 Å². The Kier molecular flexibility index (Phi) is 5.08. The maximum absolute atomic E-state index is 6.51. The van der Waals surface area contributed by atoms with Gasteiger partial charge in [0.25, 0.3) is 0 Å². The van der Waals surface area contributed by atoms with Crippen LogP contribution in [0.3, 0.4) is 0 Å². The van der Waals surface area contributed by atoms with Crippen molar-refractivity contribution in [3.63, 3.8) is 0 Å². The number of halogens is 1. The minimum Gasteiger partial charge on any atom is -0.544 e. The van der Waals surface area contributed by atoms with Gasteiger partial charge in [-0.05, 0) is 76.3 Å². The molecule has 0 atom stereocenters. The Labute approximate surface area is 139 Å².